The molecule has 0 saturated carbocycles. The topological polar surface area (TPSA) is 91.8 Å². The highest BCUT2D eigenvalue weighted by atomic mass is 127. The number of hydrogen-bond donors (Lipinski definition) is 3. The molecule has 0 aliphatic heterocycles. The van der Waals surface area contributed by atoms with Crippen molar-refractivity contribution in [2.45, 2.75) is 59.2 Å². The molecule has 3 N–H and O–H groups in total. The first-order chi connectivity index (χ1) is 12.3. The van der Waals surface area contributed by atoms with Gasteiger partial charge in [-0.15, -0.1) is 24.0 Å². The number of ether oxygens (including phenoxy) is 1. The Balaban J connectivity index is 0.00000729. The van der Waals surface area contributed by atoms with E-state index < -0.39 is 15.6 Å². The van der Waals surface area contributed by atoms with Crippen molar-refractivity contribution in [3.05, 3.63) is 29.8 Å². The Morgan fingerprint density at radius 1 is 1.11 bits per heavy atom. The highest BCUT2D eigenvalue weighted by Crippen LogP contribution is 2.23. The Morgan fingerprint density at radius 3 is 2.25 bits per heavy atom. The molecule has 0 aromatic heterocycles. The zero-order valence-corrected chi connectivity index (χ0v) is 21.1. The molecular formula is C19H35IN4O3S. The number of benzene rings is 1. The summed E-state index contributed by atoms with van der Waals surface area (Å²) >= 11 is 0. The first kappa shape index (κ1) is 26.9. The molecule has 0 spiro atoms. The van der Waals surface area contributed by atoms with Crippen molar-refractivity contribution in [2.24, 2.45) is 4.99 Å². The van der Waals surface area contributed by atoms with Gasteiger partial charge in [0, 0.05) is 24.2 Å². The molecule has 0 fully saturated rings. The summed E-state index contributed by atoms with van der Waals surface area (Å²) in [5.41, 5.74) is 0.0548. The van der Waals surface area contributed by atoms with Crippen molar-refractivity contribution in [1.82, 2.24) is 15.4 Å². The van der Waals surface area contributed by atoms with Crippen LogP contribution in [0.5, 0.6) is 5.75 Å². The van der Waals surface area contributed by atoms with Crippen LogP contribution in [-0.2, 0) is 16.6 Å². The van der Waals surface area contributed by atoms with Gasteiger partial charge in [0.25, 0.3) is 0 Å². The van der Waals surface area contributed by atoms with E-state index in [9.17, 15) is 8.42 Å². The van der Waals surface area contributed by atoms with Crippen molar-refractivity contribution in [3.63, 3.8) is 0 Å². The molecule has 0 aliphatic carbocycles. The Kier molecular flexibility index (Phi) is 10.8. The molecule has 162 valence electrons. The van der Waals surface area contributed by atoms with Crippen LogP contribution in [0.15, 0.2) is 29.3 Å². The number of halogens is 1. The summed E-state index contributed by atoms with van der Waals surface area (Å²) in [6, 6.07) is 7.83. The molecule has 1 rings (SSSR count). The number of aliphatic imine (C=N–C) groups is 1. The monoisotopic (exact) mass is 526 g/mol. The highest BCUT2D eigenvalue weighted by Gasteiger charge is 2.22. The molecule has 0 amide bonds. The van der Waals surface area contributed by atoms with Gasteiger partial charge >= 0.3 is 0 Å². The van der Waals surface area contributed by atoms with Crippen molar-refractivity contribution in [2.75, 3.05) is 19.3 Å². The number of nitrogens with one attached hydrogen (secondary N) is 3. The summed E-state index contributed by atoms with van der Waals surface area (Å²) in [7, 11) is -3.29. The molecule has 0 radical (unpaired) electrons. The summed E-state index contributed by atoms with van der Waals surface area (Å²) < 4.78 is 31.6. The Labute approximate surface area is 187 Å². The second-order valence-electron chi connectivity index (χ2n) is 8.13. The molecule has 0 saturated heterocycles. The molecule has 0 aliphatic rings. The first-order valence-electron chi connectivity index (χ1n) is 9.09. The van der Waals surface area contributed by atoms with Gasteiger partial charge in [0.15, 0.2) is 5.96 Å². The van der Waals surface area contributed by atoms with Gasteiger partial charge < -0.3 is 15.4 Å². The van der Waals surface area contributed by atoms with E-state index >= 15 is 0 Å². The molecule has 28 heavy (non-hydrogen) atoms. The predicted molar refractivity (Wildman–Crippen MR) is 127 cm³/mol. The van der Waals surface area contributed by atoms with Crippen LogP contribution in [-0.4, -0.2) is 44.9 Å². The molecule has 7 nitrogen and oxygen atoms in total. The zero-order valence-electron chi connectivity index (χ0n) is 17.9. The third-order valence-corrected chi connectivity index (χ3v) is 4.22. The van der Waals surface area contributed by atoms with E-state index in [-0.39, 0.29) is 29.6 Å². The van der Waals surface area contributed by atoms with Crippen molar-refractivity contribution >= 4 is 40.0 Å². The average Bonchev–Trinajstić information content (AvgIpc) is 2.47. The van der Waals surface area contributed by atoms with E-state index in [0.717, 1.165) is 17.6 Å². The normalized spacial score (nSPS) is 12.9. The smallest absolute Gasteiger partial charge is 0.209 e. The van der Waals surface area contributed by atoms with E-state index in [0.29, 0.717) is 25.6 Å². The van der Waals surface area contributed by atoms with Crippen LogP contribution in [0.3, 0.4) is 0 Å². The fourth-order valence-electron chi connectivity index (χ4n) is 2.41. The van der Waals surface area contributed by atoms with Gasteiger partial charge in [-0.1, -0.05) is 18.2 Å². The van der Waals surface area contributed by atoms with Crippen LogP contribution in [0.25, 0.3) is 0 Å². The maximum Gasteiger partial charge on any atom is 0.209 e. The molecule has 0 bridgehead atoms. The molecule has 0 heterocycles. The zero-order chi connectivity index (χ0) is 20.7. The van der Waals surface area contributed by atoms with Gasteiger partial charge in [-0.25, -0.2) is 18.1 Å². The second-order valence-corrected chi connectivity index (χ2v) is 9.88. The van der Waals surface area contributed by atoms with Crippen molar-refractivity contribution in [1.29, 1.82) is 0 Å². The molecule has 1 aromatic rings. The lowest BCUT2D eigenvalue weighted by Gasteiger charge is -2.26. The van der Waals surface area contributed by atoms with E-state index in [1.807, 2.05) is 65.8 Å². The summed E-state index contributed by atoms with van der Waals surface area (Å²) in [6.45, 7) is 13.2. The number of guanidine groups is 1. The number of rotatable bonds is 8. The Hall–Kier alpha value is -1.07. The second kappa shape index (κ2) is 11.2. The minimum atomic E-state index is -3.29. The van der Waals surface area contributed by atoms with Gasteiger partial charge in [-0.2, -0.15) is 0 Å². The quantitative estimate of drug-likeness (QED) is 0.275. The molecular weight excluding hydrogens is 491 g/mol. The number of sulfonamides is 1. The number of para-hydroxylation sites is 1. The third-order valence-electron chi connectivity index (χ3n) is 3.30. The van der Waals surface area contributed by atoms with Gasteiger partial charge in [0.05, 0.1) is 12.8 Å². The van der Waals surface area contributed by atoms with E-state index in [4.69, 9.17) is 4.74 Å². The van der Waals surface area contributed by atoms with Crippen LogP contribution in [0.1, 0.15) is 47.1 Å². The van der Waals surface area contributed by atoms with E-state index in [1.54, 1.807) is 0 Å². The van der Waals surface area contributed by atoms with Crippen LogP contribution in [0, 0.1) is 0 Å². The van der Waals surface area contributed by atoms with Crippen LogP contribution in [0.2, 0.25) is 0 Å². The van der Waals surface area contributed by atoms with E-state index in [2.05, 4.69) is 20.3 Å². The molecule has 9 heteroatoms. The minimum Gasteiger partial charge on any atom is -0.488 e. The largest absolute Gasteiger partial charge is 0.488 e. The van der Waals surface area contributed by atoms with E-state index in [1.165, 1.54) is 0 Å². The van der Waals surface area contributed by atoms with Crippen molar-refractivity contribution < 1.29 is 13.2 Å². The summed E-state index contributed by atoms with van der Waals surface area (Å²) in [5, 5.41) is 6.37. The minimum absolute atomic E-state index is 0. The summed E-state index contributed by atoms with van der Waals surface area (Å²) in [5.74, 6) is 1.43. The Morgan fingerprint density at radius 2 is 1.71 bits per heavy atom. The van der Waals surface area contributed by atoms with Gasteiger partial charge in [0.1, 0.15) is 11.4 Å². The highest BCUT2D eigenvalue weighted by molar-refractivity contribution is 14.0. The lowest BCUT2D eigenvalue weighted by atomic mass is 10.1. The predicted octanol–water partition coefficient (Wildman–Crippen LogP) is 2.86. The molecule has 0 atom stereocenters. The SMILES string of the molecule is CCNC(=NCc1ccccc1OC(C)(C)C)NCC(C)(C)NS(C)(=O)=O.I. The molecule has 1 aromatic carbocycles. The fraction of sp³-hybridized carbons (Fsp3) is 0.632. The lowest BCUT2D eigenvalue weighted by Crippen LogP contribution is -2.53. The van der Waals surface area contributed by atoms with Crippen LogP contribution >= 0.6 is 24.0 Å². The first-order valence-corrected chi connectivity index (χ1v) is 11.0. The lowest BCUT2D eigenvalue weighted by molar-refractivity contribution is 0.129. The maximum absolute atomic E-state index is 11.5. The maximum atomic E-state index is 11.5. The van der Waals surface area contributed by atoms with Crippen LogP contribution < -0.4 is 20.1 Å². The standard InChI is InChI=1S/C19H34N4O3S.HI/c1-8-20-17(22-14-19(5,6)23-27(7,24)25)21-13-15-11-9-10-12-16(15)26-18(2,3)4;/h9-12,23H,8,13-14H2,1-7H3,(H2,20,21,22);1H. The molecule has 0 unspecified atom stereocenters. The summed E-state index contributed by atoms with van der Waals surface area (Å²) in [4.78, 5) is 4.61. The number of nitrogens with zero attached hydrogens (tertiary/aromatic N) is 1. The Bertz CT molecular complexity index is 744. The van der Waals surface area contributed by atoms with Gasteiger partial charge in [0.2, 0.25) is 10.0 Å². The van der Waals surface area contributed by atoms with Gasteiger partial charge in [-0.05, 0) is 47.6 Å². The van der Waals surface area contributed by atoms with Gasteiger partial charge in [-0.3, -0.25) is 0 Å². The number of hydrogen-bond acceptors (Lipinski definition) is 4. The average molecular weight is 526 g/mol. The summed E-state index contributed by atoms with van der Waals surface area (Å²) in [6.07, 6.45) is 1.15. The van der Waals surface area contributed by atoms with Crippen LogP contribution in [0.4, 0.5) is 0 Å². The van der Waals surface area contributed by atoms with Crippen molar-refractivity contribution in [3.8, 4) is 5.75 Å². The third kappa shape index (κ3) is 11.7. The fourth-order valence-corrected chi connectivity index (χ4v) is 3.49.